The van der Waals surface area contributed by atoms with Crippen molar-refractivity contribution in [2.24, 2.45) is 0 Å². The number of urea groups is 1. The molecule has 0 saturated carbocycles. The largest absolute Gasteiger partial charge is 0.489 e. The van der Waals surface area contributed by atoms with E-state index in [2.05, 4.69) is 15.5 Å². The van der Waals surface area contributed by atoms with Crippen molar-refractivity contribution in [1.29, 1.82) is 0 Å². The highest BCUT2D eigenvalue weighted by Gasteiger charge is 2.26. The minimum Gasteiger partial charge on any atom is -0.489 e. The van der Waals surface area contributed by atoms with E-state index in [1.165, 1.54) is 10.4 Å². The maximum atomic E-state index is 13.1. The average molecular weight is 481 g/mol. The van der Waals surface area contributed by atoms with Gasteiger partial charge < -0.3 is 20.3 Å². The highest BCUT2D eigenvalue weighted by Crippen LogP contribution is 2.21. The summed E-state index contributed by atoms with van der Waals surface area (Å²) in [5.74, 6) is 0.616. The number of likely N-dealkylation sites (N-methyl/N-ethyl adjacent to an activating group) is 1. The second kappa shape index (κ2) is 11.0. The van der Waals surface area contributed by atoms with Crippen molar-refractivity contribution in [3.63, 3.8) is 0 Å². The number of nitrogens with zero attached hydrogens (tertiary/aromatic N) is 2. The number of halogens is 1. The Morgan fingerprint density at radius 2 is 1.91 bits per heavy atom. The van der Waals surface area contributed by atoms with E-state index in [4.69, 9.17) is 16.3 Å². The molecule has 1 saturated heterocycles. The minimum atomic E-state index is -3.63. The summed E-state index contributed by atoms with van der Waals surface area (Å²) in [5, 5.41) is 5.99. The molecule has 1 unspecified atom stereocenters. The molecular formula is C22H29ClN4O4S. The van der Waals surface area contributed by atoms with Crippen LogP contribution in [0.4, 0.5) is 10.5 Å². The van der Waals surface area contributed by atoms with E-state index in [9.17, 15) is 13.2 Å². The molecule has 0 bridgehead atoms. The van der Waals surface area contributed by atoms with Crippen LogP contribution < -0.4 is 15.4 Å². The zero-order chi connectivity index (χ0) is 23.1. The Hall–Kier alpha value is -2.33. The van der Waals surface area contributed by atoms with Crippen molar-refractivity contribution in [2.45, 2.75) is 24.3 Å². The predicted octanol–water partition coefficient (Wildman–Crippen LogP) is 3.26. The first-order valence-corrected chi connectivity index (χ1v) is 12.3. The zero-order valence-electron chi connectivity index (χ0n) is 18.3. The lowest BCUT2D eigenvalue weighted by Crippen LogP contribution is -2.36. The lowest BCUT2D eigenvalue weighted by Gasteiger charge is -2.20. The molecule has 1 aliphatic heterocycles. The van der Waals surface area contributed by atoms with Crippen molar-refractivity contribution >= 4 is 33.3 Å². The highest BCUT2D eigenvalue weighted by atomic mass is 35.5. The van der Waals surface area contributed by atoms with Crippen LogP contribution in [0.15, 0.2) is 53.4 Å². The quantitative estimate of drug-likeness (QED) is 0.634. The third kappa shape index (κ3) is 6.83. The van der Waals surface area contributed by atoms with Gasteiger partial charge in [-0.05, 0) is 63.3 Å². The number of nitrogens with one attached hydrogen (secondary N) is 2. The van der Waals surface area contributed by atoms with Crippen LogP contribution in [-0.4, -0.2) is 69.5 Å². The van der Waals surface area contributed by atoms with Gasteiger partial charge >= 0.3 is 6.03 Å². The summed E-state index contributed by atoms with van der Waals surface area (Å²) in [6.45, 7) is 4.57. The summed E-state index contributed by atoms with van der Waals surface area (Å²) in [6.07, 6.45) is 0.498. The van der Waals surface area contributed by atoms with E-state index >= 15 is 0 Å². The number of amides is 2. The van der Waals surface area contributed by atoms with E-state index < -0.39 is 16.1 Å². The van der Waals surface area contributed by atoms with Crippen molar-refractivity contribution in [3.8, 4) is 5.75 Å². The second-order valence-electron chi connectivity index (χ2n) is 7.81. The van der Waals surface area contributed by atoms with Gasteiger partial charge in [-0.25, -0.2) is 13.2 Å². The molecule has 1 fully saturated rings. The van der Waals surface area contributed by atoms with Gasteiger partial charge in [0.2, 0.25) is 10.0 Å². The zero-order valence-corrected chi connectivity index (χ0v) is 19.8. The van der Waals surface area contributed by atoms with Gasteiger partial charge in [-0.1, -0.05) is 23.7 Å². The molecule has 2 amide bonds. The molecule has 10 heteroatoms. The van der Waals surface area contributed by atoms with Crippen LogP contribution in [0.5, 0.6) is 5.75 Å². The van der Waals surface area contributed by atoms with Gasteiger partial charge in [-0.3, -0.25) is 0 Å². The molecule has 2 aromatic rings. The number of carbonyl (C=O) groups is 1. The van der Waals surface area contributed by atoms with Crippen LogP contribution in [0.3, 0.4) is 0 Å². The van der Waals surface area contributed by atoms with E-state index in [1.807, 2.05) is 14.0 Å². The molecule has 2 aromatic carbocycles. The fourth-order valence-corrected chi connectivity index (χ4v) is 5.07. The summed E-state index contributed by atoms with van der Waals surface area (Å²) in [7, 11) is -1.64. The molecule has 32 heavy (non-hydrogen) atoms. The van der Waals surface area contributed by atoms with Gasteiger partial charge in [-0.15, -0.1) is 0 Å². The van der Waals surface area contributed by atoms with Crippen LogP contribution in [0.25, 0.3) is 0 Å². The van der Waals surface area contributed by atoms with Crippen molar-refractivity contribution in [3.05, 3.63) is 53.6 Å². The number of hydrogen-bond donors (Lipinski definition) is 2. The van der Waals surface area contributed by atoms with Crippen molar-refractivity contribution < 1.29 is 17.9 Å². The molecule has 0 radical (unpaired) electrons. The normalized spacial score (nSPS) is 16.7. The molecule has 3 rings (SSSR count). The molecule has 1 aliphatic rings. The van der Waals surface area contributed by atoms with Gasteiger partial charge in [0, 0.05) is 30.3 Å². The fraction of sp³-hybridized carbons (Fsp3) is 0.409. The second-order valence-corrected chi connectivity index (χ2v) is 10.2. The predicted molar refractivity (Wildman–Crippen MR) is 126 cm³/mol. The lowest BCUT2D eigenvalue weighted by molar-refractivity contribution is 0.212. The summed E-state index contributed by atoms with van der Waals surface area (Å²) in [6, 6.07) is 12.9. The maximum Gasteiger partial charge on any atom is 0.319 e. The smallest absolute Gasteiger partial charge is 0.319 e. The summed E-state index contributed by atoms with van der Waals surface area (Å²) < 4.78 is 33.3. The minimum absolute atomic E-state index is 0.164. The summed E-state index contributed by atoms with van der Waals surface area (Å²) in [5.41, 5.74) is 0.402. The van der Waals surface area contributed by atoms with E-state index in [0.717, 1.165) is 13.0 Å². The van der Waals surface area contributed by atoms with Gasteiger partial charge in [0.15, 0.2) is 0 Å². The first-order valence-electron chi connectivity index (χ1n) is 10.5. The SMILES string of the molecule is CC(CNC(=O)Nc1cccc(S(=O)(=O)N2CCCN(C)CC2)c1)Oc1cccc(Cl)c1. The van der Waals surface area contributed by atoms with Crippen LogP contribution >= 0.6 is 11.6 Å². The standard InChI is InChI=1S/C22H29ClN4O4S/c1-17(31-20-8-3-6-18(23)14-20)16-24-22(28)25-19-7-4-9-21(15-19)32(29,30)27-11-5-10-26(2)12-13-27/h3-4,6-9,14-15,17H,5,10-13,16H2,1-2H3,(H2,24,25,28). The number of benzene rings is 2. The molecule has 2 N–H and O–H groups in total. The Morgan fingerprint density at radius 1 is 1.12 bits per heavy atom. The van der Waals surface area contributed by atoms with Crippen molar-refractivity contribution in [2.75, 3.05) is 45.1 Å². The van der Waals surface area contributed by atoms with Gasteiger partial charge in [0.25, 0.3) is 0 Å². The van der Waals surface area contributed by atoms with Crippen LogP contribution in [0.1, 0.15) is 13.3 Å². The Morgan fingerprint density at radius 3 is 2.69 bits per heavy atom. The van der Waals surface area contributed by atoms with Gasteiger partial charge in [0.1, 0.15) is 11.9 Å². The summed E-state index contributed by atoms with van der Waals surface area (Å²) in [4.78, 5) is 14.6. The molecule has 0 aliphatic carbocycles. The molecule has 0 aromatic heterocycles. The average Bonchev–Trinajstić information content (AvgIpc) is 2.97. The van der Waals surface area contributed by atoms with E-state index in [0.29, 0.717) is 36.1 Å². The highest BCUT2D eigenvalue weighted by molar-refractivity contribution is 7.89. The molecule has 174 valence electrons. The number of rotatable bonds is 7. The van der Waals surface area contributed by atoms with Gasteiger partial charge in [-0.2, -0.15) is 4.31 Å². The maximum absolute atomic E-state index is 13.1. The van der Waals surface area contributed by atoms with Crippen LogP contribution in [-0.2, 0) is 10.0 Å². The summed E-state index contributed by atoms with van der Waals surface area (Å²) >= 11 is 5.95. The third-order valence-corrected chi connectivity index (χ3v) is 7.22. The number of anilines is 1. The molecular weight excluding hydrogens is 452 g/mol. The fourth-order valence-electron chi connectivity index (χ4n) is 3.37. The third-order valence-electron chi connectivity index (χ3n) is 5.09. The molecule has 0 spiro atoms. The van der Waals surface area contributed by atoms with E-state index in [-0.39, 0.29) is 17.5 Å². The first kappa shape index (κ1) is 24.3. The van der Waals surface area contributed by atoms with Crippen molar-refractivity contribution in [1.82, 2.24) is 14.5 Å². The van der Waals surface area contributed by atoms with Gasteiger partial charge in [0.05, 0.1) is 11.4 Å². The topological polar surface area (TPSA) is 91.0 Å². The van der Waals surface area contributed by atoms with E-state index in [1.54, 1.807) is 42.5 Å². The Bertz CT molecular complexity index is 1030. The monoisotopic (exact) mass is 480 g/mol. The number of sulfonamides is 1. The van der Waals surface area contributed by atoms with Crippen LogP contribution in [0, 0.1) is 0 Å². The Kier molecular flexibility index (Phi) is 8.36. The Labute approximate surface area is 194 Å². The number of hydrogen-bond acceptors (Lipinski definition) is 5. The lowest BCUT2D eigenvalue weighted by atomic mass is 10.3. The number of carbonyl (C=O) groups excluding carboxylic acids is 1. The number of ether oxygens (including phenoxy) is 1. The first-order chi connectivity index (χ1) is 15.2. The van der Waals surface area contributed by atoms with Crippen LogP contribution in [0.2, 0.25) is 5.02 Å². The molecule has 8 nitrogen and oxygen atoms in total. The Balaban J connectivity index is 1.56. The molecule has 1 heterocycles. The molecule has 1 atom stereocenters.